The van der Waals surface area contributed by atoms with Gasteiger partial charge in [-0.05, 0) is 114 Å². The molecule has 14 rings (SSSR count). The predicted octanol–water partition coefficient (Wildman–Crippen LogP) is 15.7. The van der Waals surface area contributed by atoms with Gasteiger partial charge in [0.2, 0.25) is 0 Å². The van der Waals surface area contributed by atoms with Crippen LogP contribution in [0.25, 0.3) is 121 Å². The van der Waals surface area contributed by atoms with Gasteiger partial charge in [0.1, 0.15) is 0 Å². The zero-order chi connectivity index (χ0) is 41.9. The Bertz CT molecular complexity index is 4140. The fraction of sp³-hybridized carbons (Fsp3) is 0. The number of aromatic nitrogens is 4. The Kier molecular flexibility index (Phi) is 7.36. The molecule has 0 aliphatic rings. The summed E-state index contributed by atoms with van der Waals surface area (Å²) >= 11 is 0. The molecule has 0 atom stereocenters. The molecule has 4 heterocycles. The van der Waals surface area contributed by atoms with Crippen molar-refractivity contribution in [2.75, 3.05) is 0 Å². The Morgan fingerprint density at radius 2 is 0.469 bits per heavy atom. The average Bonchev–Trinajstić information content (AvgIpc) is 4.09. The normalized spacial score (nSPS) is 12.1. The molecule has 0 saturated carbocycles. The summed E-state index contributed by atoms with van der Waals surface area (Å²) in [4.78, 5) is 0. The molecule has 0 spiro atoms. The Labute approximate surface area is 368 Å². The molecule has 0 N–H and O–H groups in total. The maximum atomic E-state index is 2.44. The van der Waals surface area contributed by atoms with Crippen LogP contribution in [0.3, 0.4) is 0 Å². The molecular formula is C60H38N4. The maximum Gasteiger partial charge on any atom is 0.0542 e. The zero-order valence-corrected chi connectivity index (χ0v) is 34.7. The maximum absolute atomic E-state index is 2.44. The van der Waals surface area contributed by atoms with Crippen LogP contribution in [0, 0.1) is 0 Å². The molecular weight excluding hydrogens is 777 g/mol. The fourth-order valence-electron chi connectivity index (χ4n) is 10.8. The highest BCUT2D eigenvalue weighted by Gasteiger charge is 2.19. The second-order valence-electron chi connectivity index (χ2n) is 16.9. The van der Waals surface area contributed by atoms with Gasteiger partial charge in [-0.2, -0.15) is 0 Å². The third-order valence-corrected chi connectivity index (χ3v) is 13.5. The number of rotatable bonds is 5. The lowest BCUT2D eigenvalue weighted by atomic mass is 10.0. The van der Waals surface area contributed by atoms with E-state index in [0.717, 1.165) is 17.1 Å². The summed E-state index contributed by atoms with van der Waals surface area (Å²) in [5.74, 6) is 0. The van der Waals surface area contributed by atoms with Gasteiger partial charge in [-0.1, -0.05) is 127 Å². The zero-order valence-electron chi connectivity index (χ0n) is 34.7. The van der Waals surface area contributed by atoms with Gasteiger partial charge in [0.25, 0.3) is 0 Å². The molecule has 0 unspecified atom stereocenters. The van der Waals surface area contributed by atoms with Crippen LogP contribution in [0.4, 0.5) is 0 Å². The molecule has 64 heavy (non-hydrogen) atoms. The number of hydrogen-bond acceptors (Lipinski definition) is 0. The Balaban J connectivity index is 0.910. The standard InChI is InChI=1S/C60H38N4/c1-2-15-41(16-3-1)61-55-26-11-8-23-49(55)52-38-44(31-34-60(52)61)64-57-28-13-7-22-48(57)51-36-40(30-33-59(51)64)39-29-32-58-50(35-39)47-21-6-12-27-56(47)63(58)43-18-14-17-42(37-43)62-53-24-9-4-19-45(53)46-20-5-10-25-54(46)62/h1-38H. The second-order valence-corrected chi connectivity index (χ2v) is 16.9. The van der Waals surface area contributed by atoms with Gasteiger partial charge in [-0.15, -0.1) is 0 Å². The predicted molar refractivity (Wildman–Crippen MR) is 269 cm³/mol. The number of hydrogen-bond donors (Lipinski definition) is 0. The minimum atomic E-state index is 1.13. The quantitative estimate of drug-likeness (QED) is 0.165. The van der Waals surface area contributed by atoms with Gasteiger partial charge in [0.05, 0.1) is 44.1 Å². The SMILES string of the molecule is c1ccc(-n2c3ccccc3c3cc(-n4c5ccccc5c5cc(-c6ccc7c(c6)c6ccccc6n7-c6cccc(-n7c8ccccc8c8ccccc87)c6)ccc54)ccc32)cc1. The lowest BCUT2D eigenvalue weighted by Gasteiger charge is -2.13. The summed E-state index contributed by atoms with van der Waals surface area (Å²) in [5.41, 5.74) is 16.6. The van der Waals surface area contributed by atoms with Crippen molar-refractivity contribution >= 4 is 87.2 Å². The highest BCUT2D eigenvalue weighted by molar-refractivity contribution is 6.14. The summed E-state index contributed by atoms with van der Waals surface area (Å²) in [7, 11) is 0. The summed E-state index contributed by atoms with van der Waals surface area (Å²) in [6.07, 6.45) is 0. The minimum Gasteiger partial charge on any atom is -0.309 e. The molecule has 0 bridgehead atoms. The Hall–Kier alpha value is -8.60. The van der Waals surface area contributed by atoms with E-state index in [1.54, 1.807) is 0 Å². The summed E-state index contributed by atoms with van der Waals surface area (Å²) in [5, 5.41) is 9.98. The largest absolute Gasteiger partial charge is 0.309 e. The highest BCUT2D eigenvalue weighted by Crippen LogP contribution is 2.41. The van der Waals surface area contributed by atoms with Crippen molar-refractivity contribution in [1.82, 2.24) is 18.3 Å². The first-order valence-corrected chi connectivity index (χ1v) is 22.0. The van der Waals surface area contributed by atoms with E-state index in [2.05, 4.69) is 249 Å². The van der Waals surface area contributed by atoms with E-state index >= 15 is 0 Å². The molecule has 4 heteroatoms. The molecule has 4 aromatic heterocycles. The lowest BCUT2D eigenvalue weighted by Crippen LogP contribution is -1.98. The number of benzene rings is 10. The lowest BCUT2D eigenvalue weighted by molar-refractivity contribution is 1.13. The van der Waals surface area contributed by atoms with Crippen molar-refractivity contribution in [2.24, 2.45) is 0 Å². The Morgan fingerprint density at radius 3 is 0.906 bits per heavy atom. The van der Waals surface area contributed by atoms with Crippen molar-refractivity contribution in [1.29, 1.82) is 0 Å². The van der Waals surface area contributed by atoms with Gasteiger partial charge in [-0.25, -0.2) is 0 Å². The summed E-state index contributed by atoms with van der Waals surface area (Å²) in [6, 6.07) is 84.5. The molecule has 10 aromatic carbocycles. The number of nitrogens with zero attached hydrogens (tertiary/aromatic N) is 4. The molecule has 0 saturated heterocycles. The Morgan fingerprint density at radius 1 is 0.172 bits per heavy atom. The molecule has 298 valence electrons. The molecule has 0 radical (unpaired) electrons. The molecule has 0 fully saturated rings. The topological polar surface area (TPSA) is 19.7 Å². The fourth-order valence-corrected chi connectivity index (χ4v) is 10.8. The van der Waals surface area contributed by atoms with Crippen LogP contribution in [0.1, 0.15) is 0 Å². The van der Waals surface area contributed by atoms with Crippen LogP contribution in [-0.2, 0) is 0 Å². The van der Waals surface area contributed by atoms with Gasteiger partial charge >= 0.3 is 0 Å². The number of fused-ring (bicyclic) bond motifs is 12. The van der Waals surface area contributed by atoms with Crippen LogP contribution in [0.5, 0.6) is 0 Å². The molecule has 0 aliphatic heterocycles. The van der Waals surface area contributed by atoms with E-state index in [0.29, 0.717) is 0 Å². The van der Waals surface area contributed by atoms with Gasteiger partial charge < -0.3 is 18.3 Å². The van der Waals surface area contributed by atoms with Gasteiger partial charge in [0, 0.05) is 65.8 Å². The first-order chi connectivity index (χ1) is 31.8. The van der Waals surface area contributed by atoms with E-state index in [4.69, 9.17) is 0 Å². The first kappa shape index (κ1) is 35.0. The van der Waals surface area contributed by atoms with Crippen molar-refractivity contribution in [3.05, 3.63) is 231 Å². The first-order valence-electron chi connectivity index (χ1n) is 22.0. The van der Waals surface area contributed by atoms with E-state index in [9.17, 15) is 0 Å². The van der Waals surface area contributed by atoms with Crippen LogP contribution in [0.2, 0.25) is 0 Å². The minimum absolute atomic E-state index is 1.13. The van der Waals surface area contributed by atoms with Crippen LogP contribution in [-0.4, -0.2) is 18.3 Å². The van der Waals surface area contributed by atoms with E-state index in [-0.39, 0.29) is 0 Å². The van der Waals surface area contributed by atoms with Gasteiger partial charge in [0.15, 0.2) is 0 Å². The van der Waals surface area contributed by atoms with E-state index < -0.39 is 0 Å². The number of para-hydroxylation sites is 6. The molecule has 0 amide bonds. The average molecular weight is 815 g/mol. The third kappa shape index (κ3) is 4.99. The van der Waals surface area contributed by atoms with Crippen molar-refractivity contribution in [3.8, 4) is 33.9 Å². The third-order valence-electron chi connectivity index (χ3n) is 13.5. The second kappa shape index (κ2) is 13.4. The van der Waals surface area contributed by atoms with E-state index in [1.165, 1.54) is 104 Å². The summed E-state index contributed by atoms with van der Waals surface area (Å²) in [6.45, 7) is 0. The van der Waals surface area contributed by atoms with Crippen molar-refractivity contribution in [2.45, 2.75) is 0 Å². The highest BCUT2D eigenvalue weighted by atomic mass is 15.0. The molecule has 0 aliphatic carbocycles. The van der Waals surface area contributed by atoms with Crippen molar-refractivity contribution < 1.29 is 0 Å². The summed E-state index contributed by atoms with van der Waals surface area (Å²) < 4.78 is 9.64. The monoisotopic (exact) mass is 814 g/mol. The van der Waals surface area contributed by atoms with Crippen LogP contribution in [0.15, 0.2) is 231 Å². The van der Waals surface area contributed by atoms with E-state index in [1.807, 2.05) is 0 Å². The molecule has 4 nitrogen and oxygen atoms in total. The van der Waals surface area contributed by atoms with Crippen LogP contribution < -0.4 is 0 Å². The van der Waals surface area contributed by atoms with Crippen LogP contribution >= 0.6 is 0 Å². The van der Waals surface area contributed by atoms with Crippen molar-refractivity contribution in [3.63, 3.8) is 0 Å². The molecule has 14 aromatic rings. The van der Waals surface area contributed by atoms with Gasteiger partial charge in [-0.3, -0.25) is 0 Å². The smallest absolute Gasteiger partial charge is 0.0542 e.